The van der Waals surface area contributed by atoms with Crippen LogP contribution in [0, 0.1) is 0 Å². The van der Waals surface area contributed by atoms with E-state index in [9.17, 15) is 24.0 Å². The standard InChI is InChI=1S/C17H20N4O10/c1-3-4-10(22)27-7-8-11-12(30-15(24)14(23)29-11)13(28-8)21-6-5-9(19-16(21)25)20-31-17(26)18-2/h5-6,8,11-13H,3-4,7H2,1-2H3,(H,18,26)(H,19,20,25)/t8-,11-,12-,13-/m1/s1. The fraction of sp³-hybridized carbons (Fsp3) is 0.529. The summed E-state index contributed by atoms with van der Waals surface area (Å²) in [6.07, 6.45) is -3.22. The van der Waals surface area contributed by atoms with Gasteiger partial charge in [-0.15, -0.1) is 0 Å². The first-order valence-corrected chi connectivity index (χ1v) is 9.30. The molecule has 0 unspecified atom stereocenters. The SMILES string of the molecule is CCCC(=O)OC[C@H]1O[C@@H](n2ccc(NOC(=O)NC)nc2=O)[C@@H]2OC(=O)C(=O)O[C@@H]21. The monoisotopic (exact) mass is 440 g/mol. The van der Waals surface area contributed by atoms with Crippen LogP contribution >= 0.6 is 0 Å². The van der Waals surface area contributed by atoms with E-state index in [2.05, 4.69) is 20.6 Å². The molecule has 0 aromatic carbocycles. The van der Waals surface area contributed by atoms with E-state index in [-0.39, 0.29) is 18.8 Å². The number of amides is 1. The Kier molecular flexibility index (Phi) is 6.69. The van der Waals surface area contributed by atoms with Crippen LogP contribution in [0.25, 0.3) is 0 Å². The molecule has 3 heterocycles. The molecule has 0 saturated carbocycles. The Labute approximate surface area is 174 Å². The molecule has 2 N–H and O–H groups in total. The molecule has 0 aliphatic carbocycles. The average Bonchev–Trinajstić information content (AvgIpc) is 3.08. The highest BCUT2D eigenvalue weighted by atomic mass is 16.7. The van der Waals surface area contributed by atoms with Crippen LogP contribution in [0.4, 0.5) is 10.6 Å². The molecule has 14 heteroatoms. The Hall–Kier alpha value is -3.68. The molecular weight excluding hydrogens is 420 g/mol. The smallest absolute Gasteiger partial charge is 0.431 e. The van der Waals surface area contributed by atoms with Crippen molar-refractivity contribution in [3.63, 3.8) is 0 Å². The molecule has 0 spiro atoms. The molecule has 1 aromatic rings. The molecule has 2 aliphatic rings. The van der Waals surface area contributed by atoms with Crippen molar-refractivity contribution >= 4 is 29.8 Å². The van der Waals surface area contributed by atoms with Gasteiger partial charge in [-0.2, -0.15) is 10.5 Å². The Bertz CT molecular complexity index is 932. The Balaban J connectivity index is 1.78. The Morgan fingerprint density at radius 2 is 1.90 bits per heavy atom. The van der Waals surface area contributed by atoms with Crippen molar-refractivity contribution in [3.8, 4) is 0 Å². The number of hydrogen-bond acceptors (Lipinski definition) is 12. The maximum absolute atomic E-state index is 12.5. The van der Waals surface area contributed by atoms with Gasteiger partial charge in [-0.3, -0.25) is 9.36 Å². The van der Waals surface area contributed by atoms with Crippen LogP contribution in [0.5, 0.6) is 0 Å². The van der Waals surface area contributed by atoms with Gasteiger partial charge in [0, 0.05) is 25.7 Å². The Morgan fingerprint density at radius 3 is 2.55 bits per heavy atom. The van der Waals surface area contributed by atoms with E-state index in [1.54, 1.807) is 6.92 Å². The predicted molar refractivity (Wildman–Crippen MR) is 97.2 cm³/mol. The van der Waals surface area contributed by atoms with Crippen LogP contribution in [0.15, 0.2) is 17.1 Å². The number of esters is 3. The minimum absolute atomic E-state index is 0.0727. The first kappa shape index (κ1) is 22.0. The lowest BCUT2D eigenvalue weighted by Crippen LogP contribution is -2.48. The van der Waals surface area contributed by atoms with E-state index in [1.807, 2.05) is 0 Å². The van der Waals surface area contributed by atoms with Crippen LogP contribution in [-0.4, -0.2) is 65.5 Å². The van der Waals surface area contributed by atoms with Crippen molar-refractivity contribution in [1.29, 1.82) is 0 Å². The highest BCUT2D eigenvalue weighted by molar-refractivity contribution is 6.30. The maximum Gasteiger partial charge on any atom is 0.431 e. The fourth-order valence-electron chi connectivity index (χ4n) is 2.94. The summed E-state index contributed by atoms with van der Waals surface area (Å²) in [7, 11) is 1.34. The normalized spacial score (nSPS) is 24.5. The molecule has 1 amide bonds. The molecular formula is C17H20N4O10. The minimum Gasteiger partial charge on any atom is -0.463 e. The number of nitrogens with zero attached hydrogens (tertiary/aromatic N) is 2. The van der Waals surface area contributed by atoms with Gasteiger partial charge >= 0.3 is 29.7 Å². The lowest BCUT2D eigenvalue weighted by atomic mass is 10.1. The number of nitrogens with one attached hydrogen (secondary N) is 2. The number of anilines is 1. The van der Waals surface area contributed by atoms with E-state index >= 15 is 0 Å². The van der Waals surface area contributed by atoms with Gasteiger partial charge in [-0.25, -0.2) is 19.2 Å². The minimum atomic E-state index is -1.24. The van der Waals surface area contributed by atoms with E-state index < -0.39 is 54.2 Å². The third-order valence-electron chi connectivity index (χ3n) is 4.36. The highest BCUT2D eigenvalue weighted by Crippen LogP contribution is 2.35. The van der Waals surface area contributed by atoms with Gasteiger partial charge in [0.25, 0.3) is 0 Å². The quantitative estimate of drug-likeness (QED) is 0.229. The summed E-state index contributed by atoms with van der Waals surface area (Å²) in [4.78, 5) is 66.8. The van der Waals surface area contributed by atoms with Crippen molar-refractivity contribution in [2.24, 2.45) is 0 Å². The molecule has 14 nitrogen and oxygen atoms in total. The zero-order valence-electron chi connectivity index (χ0n) is 16.6. The number of carbonyl (C=O) groups excluding carboxylic acids is 4. The largest absolute Gasteiger partial charge is 0.463 e. The van der Waals surface area contributed by atoms with Gasteiger partial charge in [-0.05, 0) is 6.42 Å². The molecule has 31 heavy (non-hydrogen) atoms. The lowest BCUT2D eigenvalue weighted by molar-refractivity contribution is -0.195. The first-order valence-electron chi connectivity index (χ1n) is 9.30. The van der Waals surface area contributed by atoms with Gasteiger partial charge in [0.2, 0.25) is 0 Å². The molecule has 168 valence electrons. The zero-order valence-corrected chi connectivity index (χ0v) is 16.6. The van der Waals surface area contributed by atoms with E-state index in [4.69, 9.17) is 18.9 Å². The number of rotatable bonds is 7. The van der Waals surface area contributed by atoms with Gasteiger partial charge in [0.1, 0.15) is 12.7 Å². The van der Waals surface area contributed by atoms with Crippen LogP contribution in [0.3, 0.4) is 0 Å². The van der Waals surface area contributed by atoms with E-state index in [0.717, 1.165) is 4.57 Å². The van der Waals surface area contributed by atoms with Crippen molar-refractivity contribution < 1.29 is 43.0 Å². The zero-order chi connectivity index (χ0) is 22.5. The van der Waals surface area contributed by atoms with Gasteiger partial charge in [0.05, 0.1) is 0 Å². The number of fused-ring (bicyclic) bond motifs is 1. The number of hydrogen-bond donors (Lipinski definition) is 2. The van der Waals surface area contributed by atoms with Gasteiger partial charge < -0.3 is 29.1 Å². The first-order chi connectivity index (χ1) is 14.8. The second-order valence-electron chi connectivity index (χ2n) is 6.48. The van der Waals surface area contributed by atoms with Crippen molar-refractivity contribution in [2.45, 2.75) is 44.3 Å². The van der Waals surface area contributed by atoms with Crippen LogP contribution < -0.4 is 16.5 Å². The van der Waals surface area contributed by atoms with E-state index in [0.29, 0.717) is 6.42 Å². The second-order valence-corrected chi connectivity index (χ2v) is 6.48. The summed E-state index contributed by atoms with van der Waals surface area (Å²) >= 11 is 0. The third kappa shape index (κ3) is 4.91. The molecule has 0 radical (unpaired) electrons. The molecule has 3 rings (SSSR count). The van der Waals surface area contributed by atoms with Crippen LogP contribution in [-0.2, 0) is 38.2 Å². The second kappa shape index (κ2) is 9.42. The van der Waals surface area contributed by atoms with Gasteiger partial charge in [0.15, 0.2) is 24.3 Å². The summed E-state index contributed by atoms with van der Waals surface area (Å²) in [6, 6.07) is 1.30. The molecule has 2 aliphatic heterocycles. The fourth-order valence-corrected chi connectivity index (χ4v) is 2.94. The lowest BCUT2D eigenvalue weighted by Gasteiger charge is -2.27. The predicted octanol–water partition coefficient (Wildman–Crippen LogP) is -0.996. The van der Waals surface area contributed by atoms with Crippen molar-refractivity contribution in [1.82, 2.24) is 14.9 Å². The number of ether oxygens (including phenoxy) is 4. The van der Waals surface area contributed by atoms with Crippen molar-refractivity contribution in [2.75, 3.05) is 19.1 Å². The maximum atomic E-state index is 12.5. The topological polar surface area (TPSA) is 173 Å². The molecule has 0 bridgehead atoms. The summed E-state index contributed by atoms with van der Waals surface area (Å²) in [6.45, 7) is 1.53. The molecule has 2 fully saturated rings. The summed E-state index contributed by atoms with van der Waals surface area (Å²) in [5.74, 6) is -3.00. The highest BCUT2D eigenvalue weighted by Gasteiger charge is 2.55. The van der Waals surface area contributed by atoms with Crippen LogP contribution in [0.1, 0.15) is 26.0 Å². The molecule has 4 atom stereocenters. The van der Waals surface area contributed by atoms with Crippen LogP contribution in [0.2, 0.25) is 0 Å². The summed E-state index contributed by atoms with van der Waals surface area (Å²) < 4.78 is 22.0. The van der Waals surface area contributed by atoms with E-state index in [1.165, 1.54) is 19.3 Å². The third-order valence-corrected chi connectivity index (χ3v) is 4.36. The van der Waals surface area contributed by atoms with Gasteiger partial charge in [-0.1, -0.05) is 6.92 Å². The number of aromatic nitrogens is 2. The molecule has 2 saturated heterocycles. The van der Waals surface area contributed by atoms with Crippen molar-refractivity contribution in [3.05, 3.63) is 22.7 Å². The summed E-state index contributed by atoms with van der Waals surface area (Å²) in [5, 5.41) is 2.20. The average molecular weight is 440 g/mol. The summed E-state index contributed by atoms with van der Waals surface area (Å²) in [5.41, 5.74) is 1.35. The molecule has 1 aromatic heterocycles. The number of carbonyl (C=O) groups is 4. The Morgan fingerprint density at radius 1 is 1.19 bits per heavy atom.